The summed E-state index contributed by atoms with van der Waals surface area (Å²) in [6.45, 7) is 6.09. The Labute approximate surface area is 173 Å². The van der Waals surface area contributed by atoms with Crippen molar-refractivity contribution in [3.05, 3.63) is 72.5 Å². The third-order valence-corrected chi connectivity index (χ3v) is 4.96. The van der Waals surface area contributed by atoms with Crippen molar-refractivity contribution in [2.45, 2.75) is 33.4 Å². The fourth-order valence-electron chi connectivity index (χ4n) is 3.42. The van der Waals surface area contributed by atoms with Gasteiger partial charge in [0.05, 0.1) is 17.4 Å². The van der Waals surface area contributed by atoms with Crippen molar-refractivity contribution in [1.82, 2.24) is 24.1 Å². The minimum atomic E-state index is -0.219. The lowest BCUT2D eigenvalue weighted by molar-refractivity contribution is -0.116. The average molecular weight is 402 g/mol. The highest BCUT2D eigenvalue weighted by Crippen LogP contribution is 2.26. The van der Waals surface area contributed by atoms with E-state index in [1.54, 1.807) is 35.4 Å². The highest BCUT2D eigenvalue weighted by Gasteiger charge is 2.19. The second-order valence-electron chi connectivity index (χ2n) is 7.38. The van der Waals surface area contributed by atoms with Crippen LogP contribution in [0.2, 0.25) is 0 Å². The summed E-state index contributed by atoms with van der Waals surface area (Å²) in [6.07, 6.45) is 11.7. The number of nitrogens with one attached hydrogen (secondary N) is 1. The molecule has 0 aliphatic heterocycles. The Hall–Kier alpha value is -3.81. The number of anilines is 1. The summed E-state index contributed by atoms with van der Waals surface area (Å²) in [5, 5.41) is 3.59. The van der Waals surface area contributed by atoms with E-state index in [2.05, 4.69) is 38.7 Å². The van der Waals surface area contributed by atoms with Gasteiger partial charge in [0.2, 0.25) is 5.91 Å². The van der Waals surface area contributed by atoms with Crippen LogP contribution in [0.4, 0.5) is 5.69 Å². The van der Waals surface area contributed by atoms with Crippen molar-refractivity contribution in [3.8, 4) is 0 Å². The van der Waals surface area contributed by atoms with E-state index in [0.29, 0.717) is 16.8 Å². The van der Waals surface area contributed by atoms with E-state index in [4.69, 9.17) is 0 Å². The molecule has 0 atom stereocenters. The van der Waals surface area contributed by atoms with Crippen LogP contribution in [-0.4, -0.2) is 35.8 Å². The standard InChI is InChI=1S/C22H22N6O2/c1-14(2)28-12-19(18-11-23-5-4-20(18)28)22(30)16-8-17(10-24-9-16)26-21(29)13-27-7-6-25-15(27)3/h4-12,14H,13H2,1-3H3,(H,26,29). The SMILES string of the molecule is Cc1nccn1CC(=O)Nc1cncc(C(=O)c2cn(C(C)C)c3ccncc23)c1. The first-order valence-electron chi connectivity index (χ1n) is 9.66. The van der Waals surface area contributed by atoms with E-state index in [-0.39, 0.29) is 24.3 Å². The van der Waals surface area contributed by atoms with Gasteiger partial charge >= 0.3 is 0 Å². The zero-order valence-corrected chi connectivity index (χ0v) is 17.0. The van der Waals surface area contributed by atoms with Crippen molar-refractivity contribution < 1.29 is 9.59 Å². The minimum Gasteiger partial charge on any atom is -0.344 e. The van der Waals surface area contributed by atoms with Crippen LogP contribution >= 0.6 is 0 Å². The van der Waals surface area contributed by atoms with Crippen LogP contribution in [0.25, 0.3) is 10.9 Å². The Kier molecular flexibility index (Phi) is 5.14. The molecule has 0 saturated carbocycles. The molecule has 0 fully saturated rings. The summed E-state index contributed by atoms with van der Waals surface area (Å²) < 4.78 is 3.79. The van der Waals surface area contributed by atoms with Crippen molar-refractivity contribution >= 4 is 28.3 Å². The number of carbonyl (C=O) groups is 2. The van der Waals surface area contributed by atoms with Crippen LogP contribution in [0.1, 0.15) is 41.6 Å². The summed E-state index contributed by atoms with van der Waals surface area (Å²) in [6, 6.07) is 3.74. The first-order chi connectivity index (χ1) is 14.4. The Bertz CT molecular complexity index is 1240. The second kappa shape index (κ2) is 7.90. The van der Waals surface area contributed by atoms with Crippen molar-refractivity contribution in [2.24, 2.45) is 0 Å². The Balaban J connectivity index is 1.60. The molecule has 152 valence electrons. The molecule has 0 spiro atoms. The molecule has 4 aromatic rings. The maximum absolute atomic E-state index is 13.2. The highest BCUT2D eigenvalue weighted by molar-refractivity contribution is 6.16. The Morgan fingerprint density at radius 2 is 1.97 bits per heavy atom. The molecule has 8 heteroatoms. The van der Waals surface area contributed by atoms with E-state index >= 15 is 0 Å². The fraction of sp³-hybridized carbons (Fsp3) is 0.227. The van der Waals surface area contributed by atoms with Gasteiger partial charge in [-0.15, -0.1) is 0 Å². The third-order valence-electron chi connectivity index (χ3n) is 4.96. The van der Waals surface area contributed by atoms with E-state index in [9.17, 15) is 9.59 Å². The quantitative estimate of drug-likeness (QED) is 0.499. The van der Waals surface area contributed by atoms with Crippen LogP contribution in [0, 0.1) is 6.92 Å². The van der Waals surface area contributed by atoms with Gasteiger partial charge in [-0.1, -0.05) is 0 Å². The number of hydrogen-bond donors (Lipinski definition) is 1. The molecule has 0 saturated heterocycles. The van der Waals surface area contributed by atoms with Gasteiger partial charge in [0.1, 0.15) is 12.4 Å². The number of aromatic nitrogens is 5. The number of carbonyl (C=O) groups excluding carboxylic acids is 2. The first-order valence-corrected chi connectivity index (χ1v) is 9.66. The van der Waals surface area contributed by atoms with Gasteiger partial charge < -0.3 is 14.5 Å². The molecular weight excluding hydrogens is 380 g/mol. The molecule has 0 radical (unpaired) electrons. The molecule has 0 unspecified atom stereocenters. The first kappa shape index (κ1) is 19.5. The number of imidazole rings is 1. The predicted octanol–water partition coefficient (Wildman–Crippen LogP) is 3.39. The molecule has 0 aliphatic rings. The van der Waals surface area contributed by atoms with Gasteiger partial charge in [-0.3, -0.25) is 19.6 Å². The number of amides is 1. The van der Waals surface area contributed by atoms with Gasteiger partial charge in [0.15, 0.2) is 5.78 Å². The van der Waals surface area contributed by atoms with Crippen LogP contribution < -0.4 is 5.32 Å². The maximum atomic E-state index is 13.2. The Morgan fingerprint density at radius 3 is 2.70 bits per heavy atom. The van der Waals surface area contributed by atoms with Gasteiger partial charge in [-0.2, -0.15) is 0 Å². The largest absolute Gasteiger partial charge is 0.344 e. The average Bonchev–Trinajstić information content (AvgIpc) is 3.31. The number of hydrogen-bond acceptors (Lipinski definition) is 5. The van der Waals surface area contributed by atoms with Crippen LogP contribution in [-0.2, 0) is 11.3 Å². The zero-order chi connectivity index (χ0) is 21.3. The summed E-state index contributed by atoms with van der Waals surface area (Å²) in [7, 11) is 0. The summed E-state index contributed by atoms with van der Waals surface area (Å²) in [4.78, 5) is 38.0. The molecular formula is C22H22N6O2. The second-order valence-corrected chi connectivity index (χ2v) is 7.38. The number of nitrogens with zero attached hydrogens (tertiary/aromatic N) is 5. The Morgan fingerprint density at radius 1 is 1.13 bits per heavy atom. The van der Waals surface area contributed by atoms with Gasteiger partial charge in [-0.05, 0) is 32.9 Å². The normalized spacial score (nSPS) is 11.2. The number of ketones is 1. The smallest absolute Gasteiger partial charge is 0.244 e. The monoisotopic (exact) mass is 402 g/mol. The summed E-state index contributed by atoms with van der Waals surface area (Å²) in [5.74, 6) is 0.368. The summed E-state index contributed by atoms with van der Waals surface area (Å²) in [5.41, 5.74) is 2.38. The van der Waals surface area contributed by atoms with Crippen molar-refractivity contribution in [2.75, 3.05) is 5.32 Å². The number of pyridine rings is 2. The van der Waals surface area contributed by atoms with E-state index in [1.807, 2.05) is 19.2 Å². The maximum Gasteiger partial charge on any atom is 0.244 e. The number of rotatable bonds is 6. The fourth-order valence-corrected chi connectivity index (χ4v) is 3.42. The molecule has 4 aromatic heterocycles. The van der Waals surface area contributed by atoms with E-state index < -0.39 is 0 Å². The van der Waals surface area contributed by atoms with Crippen molar-refractivity contribution in [3.63, 3.8) is 0 Å². The third kappa shape index (κ3) is 3.71. The minimum absolute atomic E-state index is 0.136. The highest BCUT2D eigenvalue weighted by atomic mass is 16.2. The lowest BCUT2D eigenvalue weighted by Crippen LogP contribution is -2.19. The molecule has 0 aliphatic carbocycles. The predicted molar refractivity (Wildman–Crippen MR) is 113 cm³/mol. The van der Waals surface area contributed by atoms with Gasteiger partial charge in [0.25, 0.3) is 0 Å². The lowest BCUT2D eigenvalue weighted by Gasteiger charge is -2.08. The van der Waals surface area contributed by atoms with Gasteiger partial charge in [-0.25, -0.2) is 4.98 Å². The number of aryl methyl sites for hydroxylation is 1. The topological polar surface area (TPSA) is 94.7 Å². The molecule has 0 aromatic carbocycles. The molecule has 1 N–H and O–H groups in total. The number of fused-ring (bicyclic) bond motifs is 1. The van der Waals surface area contributed by atoms with E-state index in [0.717, 1.165) is 16.7 Å². The van der Waals surface area contributed by atoms with Crippen LogP contribution in [0.5, 0.6) is 0 Å². The van der Waals surface area contributed by atoms with Crippen LogP contribution in [0.3, 0.4) is 0 Å². The van der Waals surface area contributed by atoms with Crippen molar-refractivity contribution in [1.29, 1.82) is 0 Å². The molecule has 1 amide bonds. The lowest BCUT2D eigenvalue weighted by atomic mass is 10.1. The molecule has 8 nitrogen and oxygen atoms in total. The van der Waals surface area contributed by atoms with Crippen LogP contribution in [0.15, 0.2) is 55.5 Å². The molecule has 0 bridgehead atoms. The zero-order valence-electron chi connectivity index (χ0n) is 17.0. The van der Waals surface area contributed by atoms with E-state index in [1.165, 1.54) is 12.4 Å². The molecule has 4 rings (SSSR count). The molecule has 4 heterocycles. The molecule has 30 heavy (non-hydrogen) atoms. The van der Waals surface area contributed by atoms with Gasteiger partial charge in [0, 0.05) is 59.7 Å². The summed E-state index contributed by atoms with van der Waals surface area (Å²) >= 11 is 0.